The highest BCUT2D eigenvalue weighted by Crippen LogP contribution is 2.44. The van der Waals surface area contributed by atoms with Crippen LogP contribution in [0.2, 0.25) is 0 Å². The SMILES string of the molecule is CCOC(=O)c1cc(NC(=O)[C@H]2[C@@H](C(=O)O)[C@@H]3CC[C@H]2O3)cc(C(=O)OCC)c1. The van der Waals surface area contributed by atoms with Crippen LogP contribution in [0, 0.1) is 11.8 Å². The van der Waals surface area contributed by atoms with E-state index < -0.39 is 47.9 Å². The van der Waals surface area contributed by atoms with Gasteiger partial charge in [0.1, 0.15) is 0 Å². The van der Waals surface area contributed by atoms with Crippen LogP contribution in [0.15, 0.2) is 18.2 Å². The molecule has 2 heterocycles. The molecule has 9 heteroatoms. The van der Waals surface area contributed by atoms with Crippen molar-refractivity contribution in [2.75, 3.05) is 18.5 Å². The number of hydrogen-bond acceptors (Lipinski definition) is 7. The maximum absolute atomic E-state index is 12.8. The molecule has 0 radical (unpaired) electrons. The fraction of sp³-hybridized carbons (Fsp3) is 0.500. The van der Waals surface area contributed by atoms with Gasteiger partial charge in [-0.1, -0.05) is 0 Å². The molecule has 29 heavy (non-hydrogen) atoms. The number of rotatable bonds is 7. The molecule has 3 rings (SSSR count). The predicted molar refractivity (Wildman–Crippen MR) is 99.5 cm³/mol. The first-order valence-electron chi connectivity index (χ1n) is 9.54. The van der Waals surface area contributed by atoms with Crippen LogP contribution in [0.1, 0.15) is 47.4 Å². The van der Waals surface area contributed by atoms with Crippen molar-refractivity contribution in [3.8, 4) is 0 Å². The number of fused-ring (bicyclic) bond motifs is 2. The summed E-state index contributed by atoms with van der Waals surface area (Å²) < 4.78 is 15.6. The van der Waals surface area contributed by atoms with E-state index in [0.717, 1.165) is 0 Å². The van der Waals surface area contributed by atoms with Gasteiger partial charge in [-0.25, -0.2) is 9.59 Å². The molecule has 2 aliphatic heterocycles. The summed E-state index contributed by atoms with van der Waals surface area (Å²) in [6.07, 6.45) is 0.285. The van der Waals surface area contributed by atoms with Crippen LogP contribution in [0.5, 0.6) is 0 Å². The number of amides is 1. The van der Waals surface area contributed by atoms with Gasteiger partial charge in [-0.05, 0) is 44.9 Å². The maximum atomic E-state index is 12.8. The molecule has 1 aromatic rings. The Labute approximate surface area is 167 Å². The third-order valence-corrected chi connectivity index (χ3v) is 5.08. The van der Waals surface area contributed by atoms with Crippen molar-refractivity contribution in [1.29, 1.82) is 0 Å². The number of anilines is 1. The molecule has 2 bridgehead atoms. The number of carboxylic acid groups (broad SMARTS) is 1. The number of nitrogens with one attached hydrogen (secondary N) is 1. The van der Waals surface area contributed by atoms with E-state index in [4.69, 9.17) is 14.2 Å². The zero-order valence-corrected chi connectivity index (χ0v) is 16.2. The Morgan fingerprint density at radius 1 is 0.966 bits per heavy atom. The molecule has 1 amide bonds. The molecular formula is C20H23NO8. The van der Waals surface area contributed by atoms with Crippen LogP contribution in [-0.2, 0) is 23.8 Å². The normalized spacial score (nSPS) is 24.8. The Morgan fingerprint density at radius 3 is 1.97 bits per heavy atom. The summed E-state index contributed by atoms with van der Waals surface area (Å²) in [6, 6.07) is 4.08. The number of aliphatic carboxylic acids is 1. The lowest BCUT2D eigenvalue weighted by molar-refractivity contribution is -0.147. The first-order valence-corrected chi connectivity index (χ1v) is 9.54. The highest BCUT2D eigenvalue weighted by molar-refractivity contribution is 6.01. The second-order valence-corrected chi connectivity index (χ2v) is 6.91. The minimum absolute atomic E-state index is 0.0756. The Bertz CT molecular complexity index is 800. The van der Waals surface area contributed by atoms with Crippen molar-refractivity contribution in [1.82, 2.24) is 0 Å². The van der Waals surface area contributed by atoms with E-state index in [1.165, 1.54) is 18.2 Å². The lowest BCUT2D eigenvalue weighted by atomic mass is 9.78. The average Bonchev–Trinajstić information content (AvgIpc) is 3.29. The number of carbonyl (C=O) groups excluding carboxylic acids is 3. The summed E-state index contributed by atoms with van der Waals surface area (Å²) >= 11 is 0. The molecule has 4 atom stereocenters. The van der Waals surface area contributed by atoms with Crippen molar-refractivity contribution in [3.05, 3.63) is 29.3 Å². The topological polar surface area (TPSA) is 128 Å². The highest BCUT2D eigenvalue weighted by atomic mass is 16.5. The number of ether oxygens (including phenoxy) is 3. The Balaban J connectivity index is 1.87. The number of carboxylic acids is 1. The fourth-order valence-corrected chi connectivity index (χ4v) is 3.91. The molecular weight excluding hydrogens is 382 g/mol. The number of hydrogen-bond donors (Lipinski definition) is 2. The van der Waals surface area contributed by atoms with Crippen LogP contribution < -0.4 is 5.32 Å². The van der Waals surface area contributed by atoms with Gasteiger partial charge in [-0.15, -0.1) is 0 Å². The summed E-state index contributed by atoms with van der Waals surface area (Å²) in [5.41, 5.74) is 0.328. The summed E-state index contributed by atoms with van der Waals surface area (Å²) in [6.45, 7) is 3.59. The second-order valence-electron chi connectivity index (χ2n) is 6.91. The van der Waals surface area contributed by atoms with Crippen molar-refractivity contribution in [2.24, 2.45) is 11.8 Å². The van der Waals surface area contributed by atoms with E-state index in [0.29, 0.717) is 12.8 Å². The molecule has 2 aliphatic rings. The maximum Gasteiger partial charge on any atom is 0.338 e. The van der Waals surface area contributed by atoms with E-state index in [-0.39, 0.29) is 30.0 Å². The Morgan fingerprint density at radius 2 is 1.48 bits per heavy atom. The monoisotopic (exact) mass is 405 g/mol. The van der Waals surface area contributed by atoms with Crippen molar-refractivity contribution >= 4 is 29.5 Å². The summed E-state index contributed by atoms with van der Waals surface area (Å²) in [4.78, 5) is 48.7. The predicted octanol–water partition coefficient (Wildman–Crippen LogP) is 1.86. The molecule has 2 saturated heterocycles. The minimum Gasteiger partial charge on any atom is -0.481 e. The van der Waals surface area contributed by atoms with Gasteiger partial charge >= 0.3 is 17.9 Å². The average molecular weight is 405 g/mol. The van der Waals surface area contributed by atoms with Crippen LogP contribution in [-0.4, -0.2) is 54.3 Å². The Kier molecular flexibility index (Phi) is 6.17. The van der Waals surface area contributed by atoms with Gasteiger partial charge in [0.15, 0.2) is 0 Å². The number of carbonyl (C=O) groups is 4. The molecule has 0 saturated carbocycles. The lowest BCUT2D eigenvalue weighted by Crippen LogP contribution is -2.41. The minimum atomic E-state index is -1.08. The fourth-order valence-electron chi connectivity index (χ4n) is 3.91. The molecule has 2 N–H and O–H groups in total. The van der Waals surface area contributed by atoms with Crippen LogP contribution in [0.4, 0.5) is 5.69 Å². The number of benzene rings is 1. The van der Waals surface area contributed by atoms with Crippen molar-refractivity contribution < 1.29 is 38.5 Å². The van der Waals surface area contributed by atoms with Gasteiger partial charge in [-0.3, -0.25) is 9.59 Å². The highest BCUT2D eigenvalue weighted by Gasteiger charge is 2.55. The first kappa shape index (κ1) is 20.8. The molecule has 9 nitrogen and oxygen atoms in total. The molecule has 0 aromatic heterocycles. The van der Waals surface area contributed by atoms with E-state index in [1.807, 2.05) is 0 Å². The molecule has 156 valence electrons. The zero-order valence-electron chi connectivity index (χ0n) is 16.2. The second kappa shape index (κ2) is 8.60. The standard InChI is InChI=1S/C20H23NO8/c1-3-27-19(25)10-7-11(20(26)28-4-2)9-12(8-10)21-17(22)15-13-5-6-14(29-13)16(15)18(23)24/h7-9,13-16H,3-6H2,1-2H3,(H,21,22)(H,23,24)/t13-,14+,15-,16+/m1/s1. The van der Waals surface area contributed by atoms with E-state index >= 15 is 0 Å². The first-order chi connectivity index (χ1) is 13.8. The van der Waals surface area contributed by atoms with Crippen LogP contribution >= 0.6 is 0 Å². The van der Waals surface area contributed by atoms with Crippen LogP contribution in [0.3, 0.4) is 0 Å². The smallest absolute Gasteiger partial charge is 0.338 e. The van der Waals surface area contributed by atoms with Gasteiger partial charge in [-0.2, -0.15) is 0 Å². The molecule has 2 fully saturated rings. The van der Waals surface area contributed by atoms with Crippen LogP contribution in [0.25, 0.3) is 0 Å². The van der Waals surface area contributed by atoms with Gasteiger partial charge in [0.25, 0.3) is 0 Å². The summed E-state index contributed by atoms with van der Waals surface area (Å²) in [5.74, 6) is -4.68. The largest absolute Gasteiger partial charge is 0.481 e. The van der Waals surface area contributed by atoms with Gasteiger partial charge in [0.05, 0.1) is 48.4 Å². The number of esters is 2. The lowest BCUT2D eigenvalue weighted by Gasteiger charge is -2.24. The molecule has 0 unspecified atom stereocenters. The molecule has 0 aliphatic carbocycles. The third-order valence-electron chi connectivity index (χ3n) is 5.08. The Hall–Kier alpha value is -2.94. The van der Waals surface area contributed by atoms with Gasteiger partial charge < -0.3 is 24.6 Å². The van der Waals surface area contributed by atoms with E-state index in [9.17, 15) is 24.3 Å². The van der Waals surface area contributed by atoms with E-state index in [2.05, 4.69) is 5.32 Å². The summed E-state index contributed by atoms with van der Waals surface area (Å²) in [7, 11) is 0. The zero-order chi connectivity index (χ0) is 21.1. The quantitative estimate of drug-likeness (QED) is 0.658. The molecule has 0 spiro atoms. The third kappa shape index (κ3) is 4.24. The van der Waals surface area contributed by atoms with Crippen molar-refractivity contribution in [2.45, 2.75) is 38.9 Å². The summed E-state index contributed by atoms with van der Waals surface area (Å²) in [5, 5.41) is 12.1. The van der Waals surface area contributed by atoms with Gasteiger partial charge in [0, 0.05) is 5.69 Å². The molecule has 1 aromatic carbocycles. The van der Waals surface area contributed by atoms with Gasteiger partial charge in [0.2, 0.25) is 5.91 Å². The van der Waals surface area contributed by atoms with Crippen molar-refractivity contribution in [3.63, 3.8) is 0 Å². The van der Waals surface area contributed by atoms with E-state index in [1.54, 1.807) is 13.8 Å².